The zero-order valence-electron chi connectivity index (χ0n) is 10.5. The Balaban J connectivity index is 2.77. The van der Waals surface area contributed by atoms with Crippen molar-refractivity contribution < 1.29 is 14.7 Å². The SMILES string of the molecule is C#CCN(CCC)C(=O)N1CCSCC1C(=O)O. The summed E-state index contributed by atoms with van der Waals surface area (Å²) in [5, 5.41) is 9.13. The van der Waals surface area contributed by atoms with Crippen LogP contribution in [0.5, 0.6) is 0 Å². The number of aliphatic carboxylic acids is 1. The summed E-state index contributed by atoms with van der Waals surface area (Å²) in [7, 11) is 0. The summed E-state index contributed by atoms with van der Waals surface area (Å²) < 4.78 is 0. The fourth-order valence-electron chi connectivity index (χ4n) is 1.84. The Morgan fingerprint density at radius 1 is 1.61 bits per heavy atom. The van der Waals surface area contributed by atoms with Crippen molar-refractivity contribution in [2.45, 2.75) is 19.4 Å². The average molecular weight is 270 g/mol. The molecule has 1 saturated heterocycles. The number of carbonyl (C=O) groups excluding carboxylic acids is 1. The molecule has 0 aliphatic carbocycles. The molecule has 0 aromatic carbocycles. The van der Waals surface area contributed by atoms with Crippen molar-refractivity contribution in [1.82, 2.24) is 9.80 Å². The van der Waals surface area contributed by atoms with Gasteiger partial charge < -0.3 is 14.9 Å². The molecule has 0 saturated carbocycles. The summed E-state index contributed by atoms with van der Waals surface area (Å²) in [4.78, 5) is 26.4. The molecule has 5 nitrogen and oxygen atoms in total. The van der Waals surface area contributed by atoms with Crippen LogP contribution in [0, 0.1) is 12.3 Å². The Morgan fingerprint density at radius 3 is 2.89 bits per heavy atom. The molecule has 0 radical (unpaired) electrons. The molecule has 0 bridgehead atoms. The van der Waals surface area contributed by atoms with Crippen molar-refractivity contribution >= 4 is 23.8 Å². The Morgan fingerprint density at radius 2 is 2.33 bits per heavy atom. The molecule has 1 rings (SSSR count). The second-order valence-corrected chi connectivity index (χ2v) is 5.18. The van der Waals surface area contributed by atoms with E-state index in [1.54, 1.807) is 11.8 Å². The topological polar surface area (TPSA) is 60.9 Å². The van der Waals surface area contributed by atoms with Gasteiger partial charge in [-0.25, -0.2) is 9.59 Å². The van der Waals surface area contributed by atoms with E-state index in [0.717, 1.165) is 12.2 Å². The first kappa shape index (κ1) is 14.7. The number of carbonyl (C=O) groups is 2. The fourth-order valence-corrected chi connectivity index (χ4v) is 2.88. The first-order valence-electron chi connectivity index (χ1n) is 5.91. The average Bonchev–Trinajstić information content (AvgIpc) is 2.37. The zero-order chi connectivity index (χ0) is 13.5. The first-order chi connectivity index (χ1) is 8.61. The van der Waals surface area contributed by atoms with Gasteiger partial charge in [0.2, 0.25) is 0 Å². The van der Waals surface area contributed by atoms with Gasteiger partial charge in [-0.3, -0.25) is 0 Å². The van der Waals surface area contributed by atoms with Crippen LogP contribution in [0.25, 0.3) is 0 Å². The summed E-state index contributed by atoms with van der Waals surface area (Å²) >= 11 is 1.56. The van der Waals surface area contributed by atoms with Gasteiger partial charge in [0.15, 0.2) is 0 Å². The van der Waals surface area contributed by atoms with E-state index in [1.807, 2.05) is 6.92 Å². The Hall–Kier alpha value is -1.35. The van der Waals surface area contributed by atoms with Crippen LogP contribution in [-0.2, 0) is 4.79 Å². The van der Waals surface area contributed by atoms with Gasteiger partial charge in [0.1, 0.15) is 6.04 Å². The van der Waals surface area contributed by atoms with Crippen molar-refractivity contribution in [1.29, 1.82) is 0 Å². The maximum Gasteiger partial charge on any atom is 0.327 e. The Labute approximate surface area is 112 Å². The molecule has 1 fully saturated rings. The van der Waals surface area contributed by atoms with Crippen LogP contribution >= 0.6 is 11.8 Å². The summed E-state index contributed by atoms with van der Waals surface area (Å²) in [6.07, 6.45) is 6.04. The molecular formula is C12H18N2O3S. The third kappa shape index (κ3) is 3.57. The highest BCUT2D eigenvalue weighted by molar-refractivity contribution is 7.99. The van der Waals surface area contributed by atoms with Gasteiger partial charge in [0.25, 0.3) is 0 Å². The minimum atomic E-state index is -0.951. The van der Waals surface area contributed by atoms with Crippen LogP contribution < -0.4 is 0 Å². The maximum atomic E-state index is 12.3. The van der Waals surface area contributed by atoms with Gasteiger partial charge >= 0.3 is 12.0 Å². The zero-order valence-corrected chi connectivity index (χ0v) is 11.3. The van der Waals surface area contributed by atoms with Gasteiger partial charge in [-0.15, -0.1) is 6.42 Å². The highest BCUT2D eigenvalue weighted by Gasteiger charge is 2.34. The molecule has 0 aromatic heterocycles. The molecule has 18 heavy (non-hydrogen) atoms. The number of terminal acetylenes is 1. The summed E-state index contributed by atoms with van der Waals surface area (Å²) in [5.41, 5.74) is 0. The van der Waals surface area contributed by atoms with Crippen LogP contribution in [0.1, 0.15) is 13.3 Å². The largest absolute Gasteiger partial charge is 0.480 e. The Kier molecular flexibility index (Phi) is 5.86. The quantitative estimate of drug-likeness (QED) is 0.773. The van der Waals surface area contributed by atoms with Crippen molar-refractivity contribution in [2.24, 2.45) is 0 Å². The van der Waals surface area contributed by atoms with Gasteiger partial charge in [-0.2, -0.15) is 11.8 Å². The predicted octanol–water partition coefficient (Wildman–Crippen LogP) is 0.954. The molecule has 1 aliphatic heterocycles. The number of urea groups is 1. The van der Waals surface area contributed by atoms with Crippen molar-refractivity contribution in [3.63, 3.8) is 0 Å². The van der Waals surface area contributed by atoms with E-state index < -0.39 is 12.0 Å². The monoisotopic (exact) mass is 270 g/mol. The van der Waals surface area contributed by atoms with E-state index in [9.17, 15) is 9.59 Å². The van der Waals surface area contributed by atoms with E-state index in [1.165, 1.54) is 9.80 Å². The lowest BCUT2D eigenvalue weighted by atomic mass is 10.3. The summed E-state index contributed by atoms with van der Waals surface area (Å²) in [6, 6.07) is -1.00. The molecule has 0 spiro atoms. The number of thioether (sulfide) groups is 1. The van der Waals surface area contributed by atoms with Gasteiger partial charge in [-0.05, 0) is 6.42 Å². The molecule has 1 heterocycles. The highest BCUT2D eigenvalue weighted by atomic mass is 32.2. The lowest BCUT2D eigenvalue weighted by Crippen LogP contribution is -2.55. The smallest absolute Gasteiger partial charge is 0.327 e. The van der Waals surface area contributed by atoms with Gasteiger partial charge in [0.05, 0.1) is 6.54 Å². The van der Waals surface area contributed by atoms with E-state index in [2.05, 4.69) is 5.92 Å². The van der Waals surface area contributed by atoms with Crippen LogP contribution in [0.15, 0.2) is 0 Å². The Bertz CT molecular complexity index is 354. The normalized spacial score (nSPS) is 19.1. The van der Waals surface area contributed by atoms with E-state index >= 15 is 0 Å². The highest BCUT2D eigenvalue weighted by Crippen LogP contribution is 2.18. The van der Waals surface area contributed by atoms with Crippen LogP contribution in [0.4, 0.5) is 4.79 Å². The van der Waals surface area contributed by atoms with Crippen LogP contribution in [0.3, 0.4) is 0 Å². The molecule has 100 valence electrons. The summed E-state index contributed by atoms with van der Waals surface area (Å²) in [5.74, 6) is 2.70. The van der Waals surface area contributed by atoms with Crippen molar-refractivity contribution in [2.75, 3.05) is 31.1 Å². The number of carboxylic acid groups (broad SMARTS) is 1. The second kappa shape index (κ2) is 7.17. The van der Waals surface area contributed by atoms with Crippen molar-refractivity contribution in [3.05, 3.63) is 0 Å². The molecule has 1 aliphatic rings. The molecular weight excluding hydrogens is 252 g/mol. The molecule has 1 unspecified atom stereocenters. The maximum absolute atomic E-state index is 12.3. The molecule has 0 aromatic rings. The first-order valence-corrected chi connectivity index (χ1v) is 7.06. The van der Waals surface area contributed by atoms with E-state index in [0.29, 0.717) is 18.8 Å². The number of rotatable bonds is 4. The third-order valence-electron chi connectivity index (χ3n) is 2.71. The standard InChI is InChI=1S/C12H18N2O3S/c1-3-5-13(6-4-2)12(17)14-7-8-18-9-10(14)11(15)16/h1,10H,4-9H2,2H3,(H,15,16). The van der Waals surface area contributed by atoms with Gasteiger partial charge in [0, 0.05) is 24.6 Å². The number of carboxylic acids is 1. The van der Waals surface area contributed by atoms with Gasteiger partial charge in [-0.1, -0.05) is 12.8 Å². The van der Waals surface area contributed by atoms with Crippen LogP contribution in [0.2, 0.25) is 0 Å². The second-order valence-electron chi connectivity index (χ2n) is 4.03. The molecule has 1 N–H and O–H groups in total. The number of hydrogen-bond acceptors (Lipinski definition) is 3. The predicted molar refractivity (Wildman–Crippen MR) is 71.5 cm³/mol. The third-order valence-corrected chi connectivity index (χ3v) is 3.73. The number of amides is 2. The minimum Gasteiger partial charge on any atom is -0.480 e. The fraction of sp³-hybridized carbons (Fsp3) is 0.667. The lowest BCUT2D eigenvalue weighted by Gasteiger charge is -2.36. The van der Waals surface area contributed by atoms with E-state index in [4.69, 9.17) is 11.5 Å². The molecule has 2 amide bonds. The van der Waals surface area contributed by atoms with Crippen molar-refractivity contribution in [3.8, 4) is 12.3 Å². The molecule has 1 atom stereocenters. The summed E-state index contributed by atoms with van der Waals surface area (Å²) in [6.45, 7) is 3.20. The minimum absolute atomic E-state index is 0.225. The molecule has 6 heteroatoms. The van der Waals surface area contributed by atoms with Crippen LogP contribution in [-0.4, -0.2) is 64.1 Å². The number of nitrogens with zero attached hydrogens (tertiary/aromatic N) is 2. The number of hydrogen-bond donors (Lipinski definition) is 1. The van der Waals surface area contributed by atoms with E-state index in [-0.39, 0.29) is 12.6 Å². The lowest BCUT2D eigenvalue weighted by molar-refractivity contribution is -0.141.